The van der Waals surface area contributed by atoms with Gasteiger partial charge >= 0.3 is 0 Å². The van der Waals surface area contributed by atoms with E-state index in [9.17, 15) is 0 Å². The molecule has 0 radical (unpaired) electrons. The van der Waals surface area contributed by atoms with E-state index < -0.39 is 0 Å². The molecule has 0 atom stereocenters. The molecule has 2 rings (SSSR count). The molecule has 1 saturated heterocycles. The van der Waals surface area contributed by atoms with E-state index in [1.807, 2.05) is 6.92 Å². The number of aryl methyl sites for hydroxylation is 1. The average Bonchev–Trinajstić information content (AvgIpc) is 2.31. The first-order chi connectivity index (χ1) is 8.67. The van der Waals surface area contributed by atoms with E-state index in [2.05, 4.69) is 14.9 Å². The van der Waals surface area contributed by atoms with Crippen LogP contribution in [0.25, 0.3) is 0 Å². The molecule has 1 aromatic heterocycles. The molecule has 5 nitrogen and oxygen atoms in total. The minimum absolute atomic E-state index is 0.562. The highest BCUT2D eigenvalue weighted by atomic mass is 16.5. The molecule has 1 aliphatic heterocycles. The standard InChI is InChI=1S/C13H22N4O/c1-10-7-12(14)16-13(15-10)8-17-5-3-11(4-6-17)9-18-2/h7,11H,3-6,8-9H2,1-2H3,(H2,14,15,16). The van der Waals surface area contributed by atoms with E-state index in [1.54, 1.807) is 13.2 Å². The maximum atomic E-state index is 5.74. The number of rotatable bonds is 4. The van der Waals surface area contributed by atoms with Crippen molar-refractivity contribution in [1.82, 2.24) is 14.9 Å². The number of methoxy groups -OCH3 is 1. The zero-order valence-electron chi connectivity index (χ0n) is 11.2. The molecule has 1 fully saturated rings. The first kappa shape index (κ1) is 13.2. The summed E-state index contributed by atoms with van der Waals surface area (Å²) in [5.41, 5.74) is 6.68. The highest BCUT2D eigenvalue weighted by molar-refractivity contribution is 5.29. The van der Waals surface area contributed by atoms with Crippen LogP contribution in [0.4, 0.5) is 5.82 Å². The van der Waals surface area contributed by atoms with E-state index in [0.717, 1.165) is 37.8 Å². The fourth-order valence-electron chi connectivity index (χ4n) is 2.47. The Morgan fingerprint density at radius 1 is 1.39 bits per heavy atom. The number of nitrogens with two attached hydrogens (primary N) is 1. The maximum Gasteiger partial charge on any atom is 0.144 e. The summed E-state index contributed by atoms with van der Waals surface area (Å²) in [7, 11) is 1.77. The summed E-state index contributed by atoms with van der Waals surface area (Å²) in [5, 5.41) is 0. The molecule has 1 aliphatic rings. The number of likely N-dealkylation sites (tertiary alicyclic amines) is 1. The van der Waals surface area contributed by atoms with Gasteiger partial charge in [0.2, 0.25) is 0 Å². The van der Waals surface area contributed by atoms with Gasteiger partial charge in [-0.05, 0) is 38.8 Å². The molecule has 5 heteroatoms. The summed E-state index contributed by atoms with van der Waals surface area (Å²) in [4.78, 5) is 11.1. The van der Waals surface area contributed by atoms with E-state index in [4.69, 9.17) is 10.5 Å². The molecule has 0 aliphatic carbocycles. The molecule has 18 heavy (non-hydrogen) atoms. The Hall–Kier alpha value is -1.20. The van der Waals surface area contributed by atoms with Gasteiger partial charge in [0.05, 0.1) is 6.54 Å². The number of hydrogen-bond donors (Lipinski definition) is 1. The lowest BCUT2D eigenvalue weighted by Crippen LogP contribution is -2.35. The second-order valence-corrected chi connectivity index (χ2v) is 5.03. The predicted octanol–water partition coefficient (Wildman–Crippen LogP) is 1.23. The molecule has 2 N–H and O–H groups in total. The molecular formula is C13H22N4O. The highest BCUT2D eigenvalue weighted by Crippen LogP contribution is 2.18. The molecule has 100 valence electrons. The number of ether oxygens (including phenoxy) is 1. The van der Waals surface area contributed by atoms with Gasteiger partial charge in [0.15, 0.2) is 0 Å². The largest absolute Gasteiger partial charge is 0.384 e. The van der Waals surface area contributed by atoms with Gasteiger partial charge in [0, 0.05) is 25.5 Å². The van der Waals surface area contributed by atoms with Crippen LogP contribution in [0.5, 0.6) is 0 Å². The molecule has 0 bridgehead atoms. The van der Waals surface area contributed by atoms with Gasteiger partial charge in [-0.3, -0.25) is 4.90 Å². The van der Waals surface area contributed by atoms with Crippen molar-refractivity contribution in [2.75, 3.05) is 32.5 Å². The Bertz CT molecular complexity index is 368. The second kappa shape index (κ2) is 6.11. The third-order valence-electron chi connectivity index (χ3n) is 3.39. The van der Waals surface area contributed by atoms with Gasteiger partial charge in [-0.2, -0.15) is 0 Å². The van der Waals surface area contributed by atoms with Crippen molar-refractivity contribution in [2.45, 2.75) is 26.3 Å². The molecular weight excluding hydrogens is 228 g/mol. The monoisotopic (exact) mass is 250 g/mol. The van der Waals surface area contributed by atoms with Crippen LogP contribution >= 0.6 is 0 Å². The van der Waals surface area contributed by atoms with Gasteiger partial charge < -0.3 is 10.5 Å². The topological polar surface area (TPSA) is 64.3 Å². The van der Waals surface area contributed by atoms with Crippen LogP contribution in [0, 0.1) is 12.8 Å². The minimum atomic E-state index is 0.562. The Kier molecular flexibility index (Phi) is 4.49. The first-order valence-corrected chi connectivity index (χ1v) is 6.48. The van der Waals surface area contributed by atoms with Crippen molar-refractivity contribution in [3.05, 3.63) is 17.6 Å². The van der Waals surface area contributed by atoms with Crippen LogP contribution in [0.3, 0.4) is 0 Å². The Morgan fingerprint density at radius 2 is 2.11 bits per heavy atom. The third kappa shape index (κ3) is 3.65. The lowest BCUT2D eigenvalue weighted by Gasteiger charge is -2.31. The predicted molar refractivity (Wildman–Crippen MR) is 71.1 cm³/mol. The summed E-state index contributed by atoms with van der Waals surface area (Å²) in [6.07, 6.45) is 2.38. The van der Waals surface area contributed by atoms with E-state index in [-0.39, 0.29) is 0 Å². The van der Waals surface area contributed by atoms with E-state index in [0.29, 0.717) is 11.7 Å². The molecule has 0 aromatic carbocycles. The van der Waals surface area contributed by atoms with Crippen LogP contribution in [-0.4, -0.2) is 41.7 Å². The molecule has 1 aromatic rings. The average molecular weight is 250 g/mol. The number of piperidine rings is 1. The normalized spacial score (nSPS) is 18.1. The zero-order chi connectivity index (χ0) is 13.0. The highest BCUT2D eigenvalue weighted by Gasteiger charge is 2.19. The number of hydrogen-bond acceptors (Lipinski definition) is 5. The summed E-state index contributed by atoms with van der Waals surface area (Å²) in [5.74, 6) is 2.10. The van der Waals surface area contributed by atoms with Crippen molar-refractivity contribution in [3.63, 3.8) is 0 Å². The number of nitrogen functional groups attached to an aromatic ring is 1. The Balaban J connectivity index is 1.87. The van der Waals surface area contributed by atoms with E-state index >= 15 is 0 Å². The van der Waals surface area contributed by atoms with Gasteiger partial charge in [-0.15, -0.1) is 0 Å². The van der Waals surface area contributed by atoms with Crippen LogP contribution in [0.15, 0.2) is 6.07 Å². The summed E-state index contributed by atoms with van der Waals surface area (Å²) >= 11 is 0. The van der Waals surface area contributed by atoms with Crippen LogP contribution < -0.4 is 5.73 Å². The van der Waals surface area contributed by atoms with Crippen molar-refractivity contribution >= 4 is 5.82 Å². The van der Waals surface area contributed by atoms with Gasteiger partial charge in [-0.1, -0.05) is 0 Å². The fraction of sp³-hybridized carbons (Fsp3) is 0.692. The smallest absolute Gasteiger partial charge is 0.144 e. The van der Waals surface area contributed by atoms with Crippen LogP contribution in [0.1, 0.15) is 24.4 Å². The van der Waals surface area contributed by atoms with Crippen molar-refractivity contribution in [1.29, 1.82) is 0 Å². The molecule has 0 saturated carbocycles. The van der Waals surface area contributed by atoms with Crippen molar-refractivity contribution < 1.29 is 4.74 Å². The lowest BCUT2D eigenvalue weighted by molar-refractivity contribution is 0.0957. The number of aromatic nitrogens is 2. The Labute approximate surface area is 108 Å². The quantitative estimate of drug-likeness (QED) is 0.870. The van der Waals surface area contributed by atoms with Crippen LogP contribution in [0.2, 0.25) is 0 Å². The van der Waals surface area contributed by atoms with Gasteiger partial charge in [0.25, 0.3) is 0 Å². The SMILES string of the molecule is COCC1CCN(Cc2nc(C)cc(N)n2)CC1. The van der Waals surface area contributed by atoms with Crippen LogP contribution in [-0.2, 0) is 11.3 Å². The van der Waals surface area contributed by atoms with E-state index in [1.165, 1.54) is 12.8 Å². The van der Waals surface area contributed by atoms with Crippen molar-refractivity contribution in [2.24, 2.45) is 5.92 Å². The molecule has 0 spiro atoms. The number of nitrogens with zero attached hydrogens (tertiary/aromatic N) is 3. The first-order valence-electron chi connectivity index (χ1n) is 6.48. The summed E-state index contributed by atoms with van der Waals surface area (Å²) in [6.45, 7) is 5.80. The minimum Gasteiger partial charge on any atom is -0.384 e. The summed E-state index contributed by atoms with van der Waals surface area (Å²) < 4.78 is 5.21. The fourth-order valence-corrected chi connectivity index (χ4v) is 2.47. The molecule has 2 heterocycles. The van der Waals surface area contributed by atoms with Gasteiger partial charge in [0.1, 0.15) is 11.6 Å². The lowest BCUT2D eigenvalue weighted by atomic mass is 9.98. The third-order valence-corrected chi connectivity index (χ3v) is 3.39. The second-order valence-electron chi connectivity index (χ2n) is 5.03. The molecule has 0 amide bonds. The zero-order valence-corrected chi connectivity index (χ0v) is 11.2. The van der Waals surface area contributed by atoms with Gasteiger partial charge in [-0.25, -0.2) is 9.97 Å². The number of anilines is 1. The van der Waals surface area contributed by atoms with Crippen molar-refractivity contribution in [3.8, 4) is 0 Å². The Morgan fingerprint density at radius 3 is 2.72 bits per heavy atom. The summed E-state index contributed by atoms with van der Waals surface area (Å²) in [6, 6.07) is 1.80. The molecule has 0 unspecified atom stereocenters. The maximum absolute atomic E-state index is 5.74.